The van der Waals surface area contributed by atoms with Gasteiger partial charge in [-0.25, -0.2) is 9.67 Å². The summed E-state index contributed by atoms with van der Waals surface area (Å²) < 4.78 is 3.39. The molecule has 0 fully saturated rings. The van der Waals surface area contributed by atoms with E-state index in [2.05, 4.69) is 5.10 Å². The van der Waals surface area contributed by atoms with Gasteiger partial charge in [0, 0.05) is 25.3 Å². The zero-order chi connectivity index (χ0) is 22.9. The number of benzene rings is 2. The van der Waals surface area contributed by atoms with Gasteiger partial charge in [-0.1, -0.05) is 54.2 Å². The average Bonchev–Trinajstić information content (AvgIpc) is 3.43. The predicted octanol–water partition coefficient (Wildman–Crippen LogP) is 3.98. The van der Waals surface area contributed by atoms with E-state index in [1.165, 1.54) is 11.8 Å². The first-order valence-corrected chi connectivity index (χ1v) is 12.1. The first-order valence-electron chi connectivity index (χ1n) is 11.1. The van der Waals surface area contributed by atoms with Crippen molar-refractivity contribution in [3.05, 3.63) is 82.3 Å². The van der Waals surface area contributed by atoms with Crippen LogP contribution < -0.4 is 5.56 Å². The third-order valence-electron chi connectivity index (χ3n) is 5.98. The van der Waals surface area contributed by atoms with Gasteiger partial charge in [-0.05, 0) is 37.1 Å². The third-order valence-corrected chi connectivity index (χ3v) is 7.08. The number of nitrogens with zero attached hydrogens (tertiary/aromatic N) is 5. The van der Waals surface area contributed by atoms with Crippen molar-refractivity contribution in [2.45, 2.75) is 38.0 Å². The van der Waals surface area contributed by atoms with Crippen LogP contribution in [-0.2, 0) is 11.3 Å². The average molecular weight is 460 g/mol. The molecule has 3 heterocycles. The summed E-state index contributed by atoms with van der Waals surface area (Å²) in [5.41, 5.74) is 3.49. The summed E-state index contributed by atoms with van der Waals surface area (Å²) >= 11 is 1.52. The molecule has 0 spiro atoms. The molecule has 33 heavy (non-hydrogen) atoms. The van der Waals surface area contributed by atoms with Crippen molar-refractivity contribution < 1.29 is 4.79 Å². The largest absolute Gasteiger partial charge is 0.339 e. The van der Waals surface area contributed by atoms with Crippen molar-refractivity contribution in [1.29, 1.82) is 0 Å². The van der Waals surface area contributed by atoms with Crippen LogP contribution in [0.15, 0.2) is 70.7 Å². The topological polar surface area (TPSA) is 73.0 Å². The molecule has 8 heteroatoms. The highest BCUT2D eigenvalue weighted by Gasteiger charge is 2.30. The lowest BCUT2D eigenvalue weighted by Crippen LogP contribution is -2.34. The normalized spacial score (nSPS) is 15.0. The van der Waals surface area contributed by atoms with Crippen LogP contribution in [-0.4, -0.2) is 42.4 Å². The molecule has 7 nitrogen and oxygen atoms in total. The van der Waals surface area contributed by atoms with E-state index in [0.29, 0.717) is 35.0 Å². The van der Waals surface area contributed by atoms with Crippen LogP contribution in [0.5, 0.6) is 0 Å². The molecule has 0 N–H and O–H groups in total. The van der Waals surface area contributed by atoms with E-state index in [-0.39, 0.29) is 23.9 Å². The van der Waals surface area contributed by atoms with Gasteiger partial charge >= 0.3 is 0 Å². The highest BCUT2D eigenvalue weighted by atomic mass is 32.2. The maximum atomic E-state index is 13.4. The molecule has 168 valence electrons. The molecule has 2 aromatic carbocycles. The van der Waals surface area contributed by atoms with Crippen molar-refractivity contribution in [3.8, 4) is 5.69 Å². The molecule has 2 aromatic heterocycles. The molecule has 1 amide bonds. The summed E-state index contributed by atoms with van der Waals surface area (Å²) in [6.07, 6.45) is 1.86. The van der Waals surface area contributed by atoms with Crippen LogP contribution in [0.4, 0.5) is 0 Å². The van der Waals surface area contributed by atoms with Gasteiger partial charge in [-0.15, -0.1) is 0 Å². The predicted molar refractivity (Wildman–Crippen MR) is 130 cm³/mol. The lowest BCUT2D eigenvalue weighted by Gasteiger charge is -2.23. The lowest BCUT2D eigenvalue weighted by atomic mass is 10.1. The maximum Gasteiger partial charge on any atom is 0.265 e. The van der Waals surface area contributed by atoms with Gasteiger partial charge in [0.15, 0.2) is 10.8 Å². The van der Waals surface area contributed by atoms with Crippen molar-refractivity contribution in [3.63, 3.8) is 0 Å². The molecule has 1 unspecified atom stereocenters. The molecule has 0 saturated heterocycles. The first-order chi connectivity index (χ1) is 16.0. The molecule has 0 aliphatic carbocycles. The van der Waals surface area contributed by atoms with Crippen LogP contribution in [0.3, 0.4) is 0 Å². The number of carbonyl (C=O) groups excluding carboxylic acids is 1. The van der Waals surface area contributed by atoms with Crippen molar-refractivity contribution in [1.82, 2.24) is 24.2 Å². The fourth-order valence-corrected chi connectivity index (χ4v) is 5.37. The lowest BCUT2D eigenvalue weighted by molar-refractivity contribution is -0.132. The fraction of sp³-hybridized carbons (Fsp3) is 0.280. The Labute approximate surface area is 196 Å². The second kappa shape index (κ2) is 8.86. The minimum absolute atomic E-state index is 0.0438. The molecule has 1 atom stereocenters. The summed E-state index contributed by atoms with van der Waals surface area (Å²) in [5.74, 6) is 0.698. The SMILES string of the molecule is CCN(Cc1ccccc1)C(=O)CC1CSc2nc3c(cnn3-c3cccc(C)c3)c(=O)n21. The van der Waals surface area contributed by atoms with E-state index in [0.717, 1.165) is 16.8 Å². The van der Waals surface area contributed by atoms with Gasteiger partial charge in [0.05, 0.1) is 17.9 Å². The Balaban J connectivity index is 1.43. The number of aryl methyl sites for hydroxylation is 1. The molecule has 1 aliphatic heterocycles. The van der Waals surface area contributed by atoms with Crippen LogP contribution in [0.1, 0.15) is 30.5 Å². The Kier molecular flexibility index (Phi) is 5.76. The number of fused-ring (bicyclic) bond motifs is 2. The molecular weight excluding hydrogens is 434 g/mol. The van der Waals surface area contributed by atoms with Crippen LogP contribution >= 0.6 is 11.8 Å². The number of aromatic nitrogens is 4. The first kappa shape index (κ1) is 21.5. The maximum absolute atomic E-state index is 13.4. The monoisotopic (exact) mass is 459 g/mol. The third kappa shape index (κ3) is 4.06. The van der Waals surface area contributed by atoms with E-state index in [1.54, 1.807) is 15.4 Å². The standard InChI is InChI=1S/C25H25N5O2S/c1-3-28(15-18-9-5-4-6-10-18)22(31)13-20-16-33-25-27-23-21(24(32)29(20)25)14-26-30(23)19-11-7-8-17(2)12-19/h4-12,14,20H,3,13,15-16H2,1-2H3. The molecular formula is C25H25N5O2S. The van der Waals surface area contributed by atoms with Gasteiger partial charge < -0.3 is 4.90 Å². The van der Waals surface area contributed by atoms with Crippen molar-refractivity contribution >= 4 is 28.7 Å². The second-order valence-corrected chi connectivity index (χ2v) is 9.25. The molecule has 5 rings (SSSR count). The minimum atomic E-state index is -0.214. The van der Waals surface area contributed by atoms with Gasteiger partial charge in [-0.3, -0.25) is 14.2 Å². The van der Waals surface area contributed by atoms with Crippen LogP contribution in [0.25, 0.3) is 16.7 Å². The zero-order valence-electron chi connectivity index (χ0n) is 18.6. The van der Waals surface area contributed by atoms with Crippen molar-refractivity contribution in [2.75, 3.05) is 12.3 Å². The Morgan fingerprint density at radius 1 is 1.18 bits per heavy atom. The number of thioether (sulfide) groups is 1. The summed E-state index contributed by atoms with van der Waals surface area (Å²) in [4.78, 5) is 33.1. The van der Waals surface area contributed by atoms with E-state index < -0.39 is 0 Å². The summed E-state index contributed by atoms with van der Waals surface area (Å²) in [6, 6.07) is 17.7. The Morgan fingerprint density at radius 3 is 2.76 bits per heavy atom. The highest BCUT2D eigenvalue weighted by Crippen LogP contribution is 2.34. The van der Waals surface area contributed by atoms with E-state index in [1.807, 2.05) is 73.3 Å². The number of rotatable bonds is 6. The summed E-state index contributed by atoms with van der Waals surface area (Å²) in [5, 5.41) is 5.55. The van der Waals surface area contributed by atoms with Gasteiger partial charge in [0.25, 0.3) is 5.56 Å². The quantitative estimate of drug-likeness (QED) is 0.408. The summed E-state index contributed by atoms with van der Waals surface area (Å²) in [6.45, 7) is 5.19. The number of hydrogen-bond acceptors (Lipinski definition) is 5. The number of hydrogen-bond donors (Lipinski definition) is 0. The van der Waals surface area contributed by atoms with Crippen LogP contribution in [0, 0.1) is 6.92 Å². The van der Waals surface area contributed by atoms with Gasteiger partial charge in [0.1, 0.15) is 5.39 Å². The smallest absolute Gasteiger partial charge is 0.265 e. The molecule has 0 bridgehead atoms. The summed E-state index contributed by atoms with van der Waals surface area (Å²) in [7, 11) is 0. The minimum Gasteiger partial charge on any atom is -0.339 e. The number of carbonyl (C=O) groups is 1. The number of amides is 1. The van der Waals surface area contributed by atoms with E-state index in [4.69, 9.17) is 4.98 Å². The highest BCUT2D eigenvalue weighted by molar-refractivity contribution is 7.99. The van der Waals surface area contributed by atoms with Crippen LogP contribution in [0.2, 0.25) is 0 Å². The Bertz CT molecular complexity index is 1380. The molecule has 0 radical (unpaired) electrons. The second-order valence-electron chi connectivity index (χ2n) is 8.26. The molecule has 4 aromatic rings. The van der Waals surface area contributed by atoms with E-state index >= 15 is 0 Å². The van der Waals surface area contributed by atoms with Gasteiger partial charge in [-0.2, -0.15) is 5.10 Å². The molecule has 0 saturated carbocycles. The van der Waals surface area contributed by atoms with Gasteiger partial charge in [0.2, 0.25) is 5.91 Å². The van der Waals surface area contributed by atoms with Crippen molar-refractivity contribution in [2.24, 2.45) is 0 Å². The Hall–Kier alpha value is -3.39. The van der Waals surface area contributed by atoms with E-state index in [9.17, 15) is 9.59 Å². The fourth-order valence-electron chi connectivity index (χ4n) is 4.24. The molecule has 1 aliphatic rings. The zero-order valence-corrected chi connectivity index (χ0v) is 19.5. The Morgan fingerprint density at radius 2 is 2.00 bits per heavy atom.